The number of likely N-dealkylation sites (tertiary alicyclic amines) is 1. The molecule has 0 aliphatic carbocycles. The fourth-order valence-corrected chi connectivity index (χ4v) is 5.97. The van der Waals surface area contributed by atoms with Gasteiger partial charge in [-0.3, -0.25) is 10.2 Å². The molecule has 1 N–H and O–H groups in total. The number of para-hydroxylation sites is 1. The van der Waals surface area contributed by atoms with E-state index in [1.165, 1.54) is 22.4 Å². The number of carbonyl (C=O) groups excluding carboxylic acids is 1. The normalized spacial score (nSPS) is 20.4. The summed E-state index contributed by atoms with van der Waals surface area (Å²) in [6.45, 7) is 5.11. The van der Waals surface area contributed by atoms with Crippen molar-refractivity contribution in [2.75, 3.05) is 16.8 Å². The minimum absolute atomic E-state index is 0.0752. The van der Waals surface area contributed by atoms with Crippen LogP contribution in [-0.4, -0.2) is 23.7 Å². The average molecular weight is 490 g/mol. The number of benzene rings is 4. The van der Waals surface area contributed by atoms with Crippen LogP contribution in [0.3, 0.4) is 0 Å². The number of hydrogen-bond donors (Lipinski definition) is 1. The van der Waals surface area contributed by atoms with E-state index in [9.17, 15) is 4.79 Å². The van der Waals surface area contributed by atoms with Gasteiger partial charge in [0.1, 0.15) is 5.75 Å². The van der Waals surface area contributed by atoms with Gasteiger partial charge in [0.25, 0.3) is 0 Å². The van der Waals surface area contributed by atoms with Crippen LogP contribution in [0.15, 0.2) is 109 Å². The van der Waals surface area contributed by atoms with E-state index in [4.69, 9.17) is 4.74 Å². The van der Waals surface area contributed by atoms with Crippen LogP contribution >= 0.6 is 0 Å². The molecule has 2 atom stereocenters. The first-order valence-electron chi connectivity index (χ1n) is 12.9. The van der Waals surface area contributed by atoms with Crippen LogP contribution in [0.2, 0.25) is 0 Å². The van der Waals surface area contributed by atoms with E-state index in [0.29, 0.717) is 11.4 Å². The maximum absolute atomic E-state index is 12.6. The Morgan fingerprint density at radius 3 is 2.16 bits per heavy atom. The third kappa shape index (κ3) is 4.58. The molecule has 0 spiro atoms. The molecule has 5 nitrogen and oxygen atoms in total. The van der Waals surface area contributed by atoms with Crippen LogP contribution < -0.4 is 15.0 Å². The lowest BCUT2D eigenvalue weighted by atomic mass is 9.81. The van der Waals surface area contributed by atoms with E-state index < -0.39 is 6.09 Å². The second-order valence-corrected chi connectivity index (χ2v) is 10.2. The van der Waals surface area contributed by atoms with Crippen molar-refractivity contribution in [1.82, 2.24) is 4.90 Å². The molecule has 6 rings (SSSR count). The molecule has 4 aromatic carbocycles. The van der Waals surface area contributed by atoms with E-state index in [1.807, 2.05) is 36.4 Å². The number of nitrogens with one attached hydrogen (secondary N) is 1. The first-order valence-corrected chi connectivity index (χ1v) is 12.9. The van der Waals surface area contributed by atoms with Crippen molar-refractivity contribution in [3.8, 4) is 5.75 Å². The van der Waals surface area contributed by atoms with Crippen LogP contribution in [-0.2, 0) is 18.5 Å². The third-order valence-corrected chi connectivity index (χ3v) is 7.68. The topological polar surface area (TPSA) is 44.8 Å². The number of ether oxygens (including phenoxy) is 1. The minimum Gasteiger partial charge on any atom is -0.410 e. The highest BCUT2D eigenvalue weighted by atomic mass is 16.6. The van der Waals surface area contributed by atoms with Crippen LogP contribution in [0, 0.1) is 0 Å². The van der Waals surface area contributed by atoms with E-state index in [1.54, 1.807) is 0 Å². The Hall–Kier alpha value is -4.09. The van der Waals surface area contributed by atoms with E-state index in [0.717, 1.165) is 26.1 Å². The summed E-state index contributed by atoms with van der Waals surface area (Å²) in [6.07, 6.45) is 0.781. The van der Waals surface area contributed by atoms with Gasteiger partial charge in [0.15, 0.2) is 0 Å². The summed E-state index contributed by atoms with van der Waals surface area (Å²) in [4.78, 5) is 17.7. The van der Waals surface area contributed by atoms with Gasteiger partial charge in [-0.25, -0.2) is 4.79 Å². The monoisotopic (exact) mass is 489 g/mol. The molecule has 1 amide bonds. The Labute approximate surface area is 218 Å². The van der Waals surface area contributed by atoms with Gasteiger partial charge in [-0.2, -0.15) is 0 Å². The summed E-state index contributed by atoms with van der Waals surface area (Å²) < 4.78 is 5.73. The molecule has 1 unspecified atom stereocenters. The second kappa shape index (κ2) is 9.75. The smallest absolute Gasteiger partial charge is 0.410 e. The number of rotatable bonds is 6. The van der Waals surface area contributed by atoms with Crippen molar-refractivity contribution >= 4 is 17.5 Å². The zero-order valence-corrected chi connectivity index (χ0v) is 21.0. The molecule has 5 heteroatoms. The number of nitrogens with zero attached hydrogens (tertiary/aromatic N) is 2. The first-order chi connectivity index (χ1) is 18.1. The predicted octanol–water partition coefficient (Wildman–Crippen LogP) is 6.81. The molecule has 0 bridgehead atoms. The van der Waals surface area contributed by atoms with Gasteiger partial charge in [-0.1, -0.05) is 85.8 Å². The SMILES string of the molecule is C[C@@]12CCN(Cc3ccccc3)C1N(Cc1ccccc1)c1ccc(OC(=O)Nc3ccccc3)cc12. The Balaban J connectivity index is 1.31. The summed E-state index contributed by atoms with van der Waals surface area (Å²) in [5.41, 5.74) is 5.70. The Morgan fingerprint density at radius 1 is 0.865 bits per heavy atom. The Bertz CT molecular complexity index is 1380. The number of carbonyl (C=O) groups is 1. The van der Waals surface area contributed by atoms with Crippen LogP contribution in [0.1, 0.15) is 30.0 Å². The van der Waals surface area contributed by atoms with E-state index >= 15 is 0 Å². The molecule has 1 saturated heterocycles. The van der Waals surface area contributed by atoms with Crippen LogP contribution in [0.4, 0.5) is 16.2 Å². The fourth-order valence-electron chi connectivity index (χ4n) is 5.97. The lowest BCUT2D eigenvalue weighted by molar-refractivity contribution is 0.208. The van der Waals surface area contributed by atoms with Gasteiger partial charge in [-0.15, -0.1) is 0 Å². The number of fused-ring (bicyclic) bond motifs is 3. The largest absolute Gasteiger partial charge is 0.417 e. The zero-order chi connectivity index (χ0) is 25.2. The number of anilines is 2. The highest BCUT2D eigenvalue weighted by molar-refractivity contribution is 5.86. The van der Waals surface area contributed by atoms with Crippen LogP contribution in [0.25, 0.3) is 0 Å². The molecule has 0 aromatic heterocycles. The lowest BCUT2D eigenvalue weighted by Crippen LogP contribution is -2.48. The number of hydrogen-bond acceptors (Lipinski definition) is 4. The van der Waals surface area contributed by atoms with E-state index in [2.05, 4.69) is 94.8 Å². The highest BCUT2D eigenvalue weighted by Gasteiger charge is 2.54. The summed E-state index contributed by atoms with van der Waals surface area (Å²) in [6, 6.07) is 36.8. The summed E-state index contributed by atoms with van der Waals surface area (Å²) in [5.74, 6) is 0.565. The summed E-state index contributed by atoms with van der Waals surface area (Å²) >= 11 is 0. The van der Waals surface area contributed by atoms with Crippen molar-refractivity contribution in [2.24, 2.45) is 0 Å². The standard InChI is InChI=1S/C32H31N3O2/c1-32-19-20-34(22-24-11-5-2-6-12-24)30(32)35(23-25-13-7-3-8-14-25)29-18-17-27(21-28(29)32)37-31(36)33-26-15-9-4-10-16-26/h2-18,21,30H,19-20,22-23H2,1H3,(H,33,36)/t30?,32-/m0/s1. The van der Waals surface area contributed by atoms with Gasteiger partial charge in [0.05, 0.1) is 6.17 Å². The van der Waals surface area contributed by atoms with Gasteiger partial charge in [0.2, 0.25) is 0 Å². The molecule has 4 aromatic rings. The first kappa shape index (κ1) is 23.3. The van der Waals surface area contributed by atoms with Crippen molar-refractivity contribution in [2.45, 2.75) is 38.0 Å². The molecule has 0 radical (unpaired) electrons. The molecule has 0 saturated carbocycles. The van der Waals surface area contributed by atoms with E-state index in [-0.39, 0.29) is 11.6 Å². The van der Waals surface area contributed by atoms with Crippen molar-refractivity contribution in [3.05, 3.63) is 126 Å². The van der Waals surface area contributed by atoms with Crippen molar-refractivity contribution < 1.29 is 9.53 Å². The Morgan fingerprint density at radius 2 is 1.49 bits per heavy atom. The van der Waals surface area contributed by atoms with Crippen LogP contribution in [0.5, 0.6) is 5.75 Å². The molecule has 2 aliphatic rings. The van der Waals surface area contributed by atoms with Crippen molar-refractivity contribution in [1.29, 1.82) is 0 Å². The molecular formula is C32H31N3O2. The zero-order valence-electron chi connectivity index (χ0n) is 21.0. The molecule has 2 aliphatic heterocycles. The molecule has 2 heterocycles. The molecule has 186 valence electrons. The average Bonchev–Trinajstić information content (AvgIpc) is 3.37. The lowest BCUT2D eigenvalue weighted by Gasteiger charge is -2.37. The van der Waals surface area contributed by atoms with Gasteiger partial charge >= 0.3 is 6.09 Å². The second-order valence-electron chi connectivity index (χ2n) is 10.2. The summed E-state index contributed by atoms with van der Waals surface area (Å²) in [7, 11) is 0. The Kier molecular flexibility index (Phi) is 6.15. The third-order valence-electron chi connectivity index (χ3n) is 7.68. The maximum Gasteiger partial charge on any atom is 0.417 e. The van der Waals surface area contributed by atoms with Gasteiger partial charge in [-0.05, 0) is 53.4 Å². The highest BCUT2D eigenvalue weighted by Crippen LogP contribution is 2.53. The molecule has 37 heavy (non-hydrogen) atoms. The molecular weight excluding hydrogens is 458 g/mol. The van der Waals surface area contributed by atoms with Crippen molar-refractivity contribution in [3.63, 3.8) is 0 Å². The van der Waals surface area contributed by atoms with Gasteiger partial charge < -0.3 is 9.64 Å². The quantitative estimate of drug-likeness (QED) is 0.323. The molecule has 1 fully saturated rings. The predicted molar refractivity (Wildman–Crippen MR) is 148 cm³/mol. The minimum atomic E-state index is -0.482. The van der Waals surface area contributed by atoms with Gasteiger partial charge in [0, 0.05) is 36.4 Å². The summed E-state index contributed by atoms with van der Waals surface area (Å²) in [5, 5.41) is 2.81. The maximum atomic E-state index is 12.6. The fraction of sp³-hybridized carbons (Fsp3) is 0.219. The number of amides is 1.